The first kappa shape index (κ1) is 11.6. The molecule has 0 N–H and O–H groups in total. The summed E-state index contributed by atoms with van der Waals surface area (Å²) in [6.45, 7) is 13.0. The van der Waals surface area contributed by atoms with Crippen LogP contribution in [0, 0.1) is 23.4 Å². The molecule has 1 atom stereocenters. The molecule has 0 aliphatic heterocycles. The Hall–Kier alpha value is -0.423. The van der Waals surface area contributed by atoms with Crippen LogP contribution in [0.15, 0.2) is 0 Å². The maximum absolute atomic E-state index is 5.29. The van der Waals surface area contributed by atoms with Crippen LogP contribution in [-0.2, 0) is 4.43 Å². The Morgan fingerprint density at radius 3 is 2.08 bits per heavy atom. The number of hydrogen-bond acceptors (Lipinski definition) is 1. The standard InChI is InChI=1S/C10H20OSi/c1-9(10(2,3)4)7-8-11-12(5)6/h9,12H,1-6H3. The molecule has 0 aromatic rings. The van der Waals surface area contributed by atoms with Gasteiger partial charge in [-0.1, -0.05) is 33.6 Å². The summed E-state index contributed by atoms with van der Waals surface area (Å²) >= 11 is 0. The van der Waals surface area contributed by atoms with Crippen molar-refractivity contribution >= 4 is 9.04 Å². The van der Waals surface area contributed by atoms with E-state index in [1.165, 1.54) is 0 Å². The Bertz CT molecular complexity index is 180. The fraction of sp³-hybridized carbons (Fsp3) is 0.800. The molecule has 0 aromatic carbocycles. The SMILES string of the molecule is CC(C#CO[SiH](C)C)C(C)(C)C. The van der Waals surface area contributed by atoms with Crippen LogP contribution in [0.25, 0.3) is 0 Å². The lowest BCUT2D eigenvalue weighted by Crippen LogP contribution is -2.15. The van der Waals surface area contributed by atoms with Crippen molar-refractivity contribution in [3.05, 3.63) is 0 Å². The van der Waals surface area contributed by atoms with E-state index in [0.29, 0.717) is 5.92 Å². The smallest absolute Gasteiger partial charge is 0.244 e. The molecule has 70 valence electrons. The minimum atomic E-state index is -0.957. The third kappa shape index (κ3) is 5.26. The molecular weight excluding hydrogens is 164 g/mol. The highest BCUT2D eigenvalue weighted by molar-refractivity contribution is 6.48. The molecule has 0 saturated carbocycles. The molecule has 0 saturated heterocycles. The maximum atomic E-state index is 5.29. The Kier molecular flexibility index (Phi) is 4.40. The molecule has 0 aliphatic rings. The van der Waals surface area contributed by atoms with Gasteiger partial charge in [-0.05, 0) is 18.5 Å². The van der Waals surface area contributed by atoms with Crippen molar-refractivity contribution in [3.63, 3.8) is 0 Å². The lowest BCUT2D eigenvalue weighted by atomic mass is 9.83. The molecule has 12 heavy (non-hydrogen) atoms. The summed E-state index contributed by atoms with van der Waals surface area (Å²) in [5.41, 5.74) is 0.259. The Morgan fingerprint density at radius 1 is 1.25 bits per heavy atom. The molecular formula is C10H20OSi. The van der Waals surface area contributed by atoms with Crippen LogP contribution < -0.4 is 0 Å². The normalized spacial score (nSPS) is 13.6. The van der Waals surface area contributed by atoms with Gasteiger partial charge in [-0.2, -0.15) is 0 Å². The molecule has 0 rings (SSSR count). The molecule has 0 heterocycles. The van der Waals surface area contributed by atoms with Gasteiger partial charge in [0.25, 0.3) is 0 Å². The minimum Gasteiger partial charge on any atom is -0.505 e. The van der Waals surface area contributed by atoms with Gasteiger partial charge in [0.05, 0.1) is 6.11 Å². The van der Waals surface area contributed by atoms with E-state index in [2.05, 4.69) is 52.8 Å². The summed E-state index contributed by atoms with van der Waals surface area (Å²) in [7, 11) is -0.957. The first-order valence-corrected chi connectivity index (χ1v) is 7.28. The van der Waals surface area contributed by atoms with Crippen LogP contribution in [0.1, 0.15) is 27.7 Å². The van der Waals surface area contributed by atoms with Gasteiger partial charge >= 0.3 is 0 Å². The number of hydrogen-bond donors (Lipinski definition) is 0. The summed E-state index contributed by atoms with van der Waals surface area (Å²) in [5, 5.41) is 0. The summed E-state index contributed by atoms with van der Waals surface area (Å²) in [6.07, 6.45) is 2.80. The van der Waals surface area contributed by atoms with Crippen LogP contribution in [0.4, 0.5) is 0 Å². The highest BCUT2D eigenvalue weighted by atomic mass is 28.3. The quantitative estimate of drug-likeness (QED) is 0.450. The fourth-order valence-electron chi connectivity index (χ4n) is 0.457. The van der Waals surface area contributed by atoms with Crippen LogP contribution in [0.2, 0.25) is 13.1 Å². The first-order valence-electron chi connectivity index (χ1n) is 4.50. The van der Waals surface area contributed by atoms with Gasteiger partial charge in [-0.15, -0.1) is 0 Å². The van der Waals surface area contributed by atoms with E-state index in [-0.39, 0.29) is 5.41 Å². The molecule has 2 heteroatoms. The van der Waals surface area contributed by atoms with E-state index >= 15 is 0 Å². The molecule has 0 aliphatic carbocycles. The van der Waals surface area contributed by atoms with E-state index in [1.54, 1.807) is 0 Å². The maximum Gasteiger partial charge on any atom is 0.244 e. The predicted octanol–water partition coefficient (Wildman–Crippen LogP) is 2.63. The fourth-order valence-corrected chi connectivity index (χ4v) is 0.761. The van der Waals surface area contributed by atoms with Crippen LogP contribution in [0.5, 0.6) is 0 Å². The highest BCUT2D eigenvalue weighted by Crippen LogP contribution is 2.24. The summed E-state index contributed by atoms with van der Waals surface area (Å²) in [4.78, 5) is 0. The van der Waals surface area contributed by atoms with E-state index in [1.807, 2.05) is 0 Å². The largest absolute Gasteiger partial charge is 0.505 e. The molecule has 0 fully saturated rings. The summed E-state index contributed by atoms with van der Waals surface area (Å²) in [6, 6.07) is 0. The van der Waals surface area contributed by atoms with Gasteiger partial charge in [-0.3, -0.25) is 0 Å². The van der Waals surface area contributed by atoms with E-state index in [9.17, 15) is 0 Å². The molecule has 0 radical (unpaired) electrons. The third-order valence-corrected chi connectivity index (χ3v) is 2.46. The minimum absolute atomic E-state index is 0.259. The van der Waals surface area contributed by atoms with Gasteiger partial charge in [0, 0.05) is 5.92 Å². The van der Waals surface area contributed by atoms with Gasteiger partial charge < -0.3 is 4.43 Å². The lowest BCUT2D eigenvalue weighted by Gasteiger charge is -2.21. The topological polar surface area (TPSA) is 9.23 Å². The lowest BCUT2D eigenvalue weighted by molar-refractivity contribution is 0.322. The van der Waals surface area contributed by atoms with Gasteiger partial charge in [0.2, 0.25) is 9.04 Å². The highest BCUT2D eigenvalue weighted by Gasteiger charge is 2.17. The zero-order valence-corrected chi connectivity index (χ0v) is 10.2. The molecule has 1 nitrogen and oxygen atoms in total. The second-order valence-corrected chi connectivity index (χ2v) is 6.83. The predicted molar refractivity (Wildman–Crippen MR) is 56.4 cm³/mol. The summed E-state index contributed by atoms with van der Waals surface area (Å²) < 4.78 is 5.29. The zero-order chi connectivity index (χ0) is 9.78. The van der Waals surface area contributed by atoms with Gasteiger partial charge in [0.15, 0.2) is 0 Å². The number of rotatable bonds is 1. The Labute approximate surface area is 78.2 Å². The average Bonchev–Trinajstić information content (AvgIpc) is 1.84. The second-order valence-electron chi connectivity index (χ2n) is 4.50. The van der Waals surface area contributed by atoms with Crippen molar-refractivity contribution in [2.45, 2.75) is 40.8 Å². The van der Waals surface area contributed by atoms with Crippen molar-refractivity contribution in [3.8, 4) is 12.0 Å². The van der Waals surface area contributed by atoms with Crippen LogP contribution in [0.3, 0.4) is 0 Å². The van der Waals surface area contributed by atoms with E-state index < -0.39 is 9.04 Å². The zero-order valence-electron chi connectivity index (χ0n) is 9.06. The third-order valence-electron chi connectivity index (χ3n) is 1.87. The average molecular weight is 184 g/mol. The second kappa shape index (κ2) is 4.57. The molecule has 1 unspecified atom stereocenters. The first-order chi connectivity index (χ1) is 5.34. The molecule has 0 bridgehead atoms. The van der Waals surface area contributed by atoms with Crippen molar-refractivity contribution in [1.29, 1.82) is 0 Å². The van der Waals surface area contributed by atoms with E-state index in [4.69, 9.17) is 4.43 Å². The van der Waals surface area contributed by atoms with Gasteiger partial charge in [-0.25, -0.2) is 0 Å². The Morgan fingerprint density at radius 2 is 1.75 bits per heavy atom. The molecule has 0 aromatic heterocycles. The summed E-state index contributed by atoms with van der Waals surface area (Å²) in [5.74, 6) is 3.51. The Balaban J connectivity index is 3.96. The van der Waals surface area contributed by atoms with Crippen molar-refractivity contribution in [1.82, 2.24) is 0 Å². The van der Waals surface area contributed by atoms with Crippen molar-refractivity contribution in [2.75, 3.05) is 0 Å². The van der Waals surface area contributed by atoms with Crippen molar-refractivity contribution in [2.24, 2.45) is 11.3 Å². The van der Waals surface area contributed by atoms with Gasteiger partial charge in [0.1, 0.15) is 0 Å². The molecule has 0 amide bonds. The molecule has 0 spiro atoms. The monoisotopic (exact) mass is 184 g/mol. The van der Waals surface area contributed by atoms with Crippen LogP contribution >= 0.6 is 0 Å². The van der Waals surface area contributed by atoms with E-state index in [0.717, 1.165) is 0 Å². The van der Waals surface area contributed by atoms with Crippen molar-refractivity contribution < 1.29 is 4.43 Å². The van der Waals surface area contributed by atoms with Crippen LogP contribution in [-0.4, -0.2) is 9.04 Å².